The molecule has 1 heterocycles. The van der Waals surface area contributed by atoms with Gasteiger partial charge in [0.05, 0.1) is 16.6 Å². The van der Waals surface area contributed by atoms with Crippen LogP contribution < -0.4 is 5.73 Å². The maximum Gasteiger partial charge on any atom is 0.276 e. The quantitative estimate of drug-likeness (QED) is 0.876. The van der Waals surface area contributed by atoms with Crippen molar-refractivity contribution in [3.8, 4) is 0 Å². The van der Waals surface area contributed by atoms with Crippen molar-refractivity contribution in [1.29, 1.82) is 0 Å². The van der Waals surface area contributed by atoms with Crippen LogP contribution in [0.3, 0.4) is 0 Å². The van der Waals surface area contributed by atoms with Crippen molar-refractivity contribution in [3.63, 3.8) is 0 Å². The van der Waals surface area contributed by atoms with E-state index in [0.29, 0.717) is 26.9 Å². The lowest BCUT2D eigenvalue weighted by Crippen LogP contribution is -1.95. The summed E-state index contributed by atoms with van der Waals surface area (Å²) in [5.41, 5.74) is 6.30. The second kappa shape index (κ2) is 5.73. The normalized spacial score (nSPS) is 10.8. The van der Waals surface area contributed by atoms with Crippen molar-refractivity contribution in [2.75, 3.05) is 0 Å². The van der Waals surface area contributed by atoms with Crippen molar-refractivity contribution in [3.05, 3.63) is 39.7 Å². The number of benzene rings is 1. The van der Waals surface area contributed by atoms with Gasteiger partial charge in [-0.2, -0.15) is 0 Å². The summed E-state index contributed by atoms with van der Waals surface area (Å²) in [6, 6.07) is 5.50. The predicted molar refractivity (Wildman–Crippen MR) is 68.2 cm³/mol. The first-order valence-corrected chi connectivity index (χ1v) is 6.53. The number of aromatic nitrogens is 2. The van der Waals surface area contributed by atoms with Crippen molar-refractivity contribution in [2.24, 2.45) is 5.73 Å². The highest BCUT2D eigenvalue weighted by atomic mass is 35.5. The number of rotatable bonds is 4. The van der Waals surface area contributed by atoms with Gasteiger partial charge in [-0.25, -0.2) is 0 Å². The third-order valence-electron chi connectivity index (χ3n) is 2.01. The summed E-state index contributed by atoms with van der Waals surface area (Å²) in [6.07, 6.45) is 0. The minimum absolute atomic E-state index is 0.242. The topological polar surface area (TPSA) is 64.9 Å². The van der Waals surface area contributed by atoms with E-state index in [1.165, 1.54) is 11.8 Å². The van der Waals surface area contributed by atoms with Crippen LogP contribution >= 0.6 is 35.0 Å². The highest BCUT2D eigenvalue weighted by molar-refractivity contribution is 7.98. The molecule has 0 atom stereocenters. The Bertz CT molecular complexity index is 518. The molecule has 2 aromatic rings. The van der Waals surface area contributed by atoms with Gasteiger partial charge in [-0.1, -0.05) is 47.1 Å². The molecule has 90 valence electrons. The Balaban J connectivity index is 2.04. The lowest BCUT2D eigenvalue weighted by molar-refractivity contribution is 0.415. The van der Waals surface area contributed by atoms with Gasteiger partial charge in [-0.15, -0.1) is 10.2 Å². The molecule has 2 N–H and O–H groups in total. The molecule has 0 unspecified atom stereocenters. The zero-order valence-corrected chi connectivity index (χ0v) is 11.0. The first-order valence-electron chi connectivity index (χ1n) is 4.79. The van der Waals surface area contributed by atoms with Crippen LogP contribution in [0.15, 0.2) is 27.8 Å². The van der Waals surface area contributed by atoms with Crippen molar-refractivity contribution in [1.82, 2.24) is 10.2 Å². The minimum atomic E-state index is 0.242. The van der Waals surface area contributed by atoms with E-state index in [4.69, 9.17) is 33.4 Å². The first-order chi connectivity index (χ1) is 8.20. The van der Waals surface area contributed by atoms with Gasteiger partial charge in [0.2, 0.25) is 5.89 Å². The second-order valence-electron chi connectivity index (χ2n) is 3.17. The molecule has 1 aromatic heterocycles. The summed E-state index contributed by atoms with van der Waals surface area (Å²) in [5.74, 6) is 1.04. The highest BCUT2D eigenvalue weighted by Crippen LogP contribution is 2.30. The van der Waals surface area contributed by atoms with E-state index >= 15 is 0 Å². The van der Waals surface area contributed by atoms with Gasteiger partial charge in [0.15, 0.2) is 0 Å². The number of nitrogens with zero attached hydrogens (tertiary/aromatic N) is 2. The highest BCUT2D eigenvalue weighted by Gasteiger charge is 2.08. The van der Waals surface area contributed by atoms with Gasteiger partial charge in [0.25, 0.3) is 5.22 Å². The standard InChI is InChI=1S/C10H9Cl2N3OS/c11-7-3-1-2-6(9(7)12)5-17-10-15-14-8(4-13)16-10/h1-3H,4-5,13H2. The molecule has 0 radical (unpaired) electrons. The van der Waals surface area contributed by atoms with Crippen LogP contribution in [0.4, 0.5) is 0 Å². The van der Waals surface area contributed by atoms with Crippen LogP contribution in [-0.2, 0) is 12.3 Å². The second-order valence-corrected chi connectivity index (χ2v) is 4.88. The molecule has 17 heavy (non-hydrogen) atoms. The Labute approximate surface area is 112 Å². The smallest absolute Gasteiger partial charge is 0.276 e. The zero-order valence-electron chi connectivity index (χ0n) is 8.69. The molecule has 0 spiro atoms. The monoisotopic (exact) mass is 289 g/mol. The maximum atomic E-state index is 6.06. The minimum Gasteiger partial charge on any atom is -0.415 e. The van der Waals surface area contributed by atoms with E-state index in [1.807, 2.05) is 12.1 Å². The van der Waals surface area contributed by atoms with E-state index < -0.39 is 0 Å². The fraction of sp³-hybridized carbons (Fsp3) is 0.200. The maximum absolute atomic E-state index is 6.06. The molecule has 2 rings (SSSR count). The number of thioether (sulfide) groups is 1. The molecule has 4 nitrogen and oxygen atoms in total. The molecule has 0 fully saturated rings. The van der Waals surface area contributed by atoms with E-state index in [9.17, 15) is 0 Å². The average Bonchev–Trinajstić information content (AvgIpc) is 2.79. The summed E-state index contributed by atoms with van der Waals surface area (Å²) < 4.78 is 5.26. The van der Waals surface area contributed by atoms with Gasteiger partial charge in [0.1, 0.15) is 0 Å². The molecule has 0 saturated carbocycles. The predicted octanol–water partition coefficient (Wildman–Crippen LogP) is 3.13. The molecule has 1 aromatic carbocycles. The van der Waals surface area contributed by atoms with Crippen LogP contribution in [0.1, 0.15) is 11.5 Å². The van der Waals surface area contributed by atoms with Gasteiger partial charge in [-0.05, 0) is 11.6 Å². The Morgan fingerprint density at radius 1 is 1.29 bits per heavy atom. The van der Waals surface area contributed by atoms with E-state index in [0.717, 1.165) is 5.56 Å². The van der Waals surface area contributed by atoms with Crippen LogP contribution in [0.2, 0.25) is 10.0 Å². The fourth-order valence-corrected chi connectivity index (χ4v) is 2.42. The van der Waals surface area contributed by atoms with E-state index in [2.05, 4.69) is 10.2 Å². The van der Waals surface area contributed by atoms with Crippen molar-refractivity contribution in [2.45, 2.75) is 17.5 Å². The summed E-state index contributed by atoms with van der Waals surface area (Å²) in [7, 11) is 0. The van der Waals surface area contributed by atoms with Gasteiger partial charge >= 0.3 is 0 Å². The Morgan fingerprint density at radius 3 is 2.82 bits per heavy atom. The summed E-state index contributed by atoms with van der Waals surface area (Å²) in [6.45, 7) is 0.242. The van der Waals surface area contributed by atoms with Crippen LogP contribution in [0.5, 0.6) is 0 Å². The molecule has 0 aliphatic heterocycles. The van der Waals surface area contributed by atoms with E-state index in [1.54, 1.807) is 6.07 Å². The molecular formula is C10H9Cl2N3OS. The van der Waals surface area contributed by atoms with Gasteiger partial charge in [0, 0.05) is 5.75 Å². The first kappa shape index (κ1) is 12.7. The summed E-state index contributed by atoms with van der Waals surface area (Å²) in [4.78, 5) is 0. The van der Waals surface area contributed by atoms with Crippen molar-refractivity contribution < 1.29 is 4.42 Å². The number of hydrogen-bond acceptors (Lipinski definition) is 5. The zero-order chi connectivity index (χ0) is 12.3. The molecular weight excluding hydrogens is 281 g/mol. The molecule has 0 aliphatic carbocycles. The number of hydrogen-bond donors (Lipinski definition) is 1. The third-order valence-corrected chi connectivity index (χ3v) is 3.73. The molecule has 0 aliphatic rings. The SMILES string of the molecule is NCc1nnc(SCc2cccc(Cl)c2Cl)o1. The van der Waals surface area contributed by atoms with Gasteiger partial charge in [-0.3, -0.25) is 0 Å². The Morgan fingerprint density at radius 2 is 2.12 bits per heavy atom. The summed E-state index contributed by atoms with van der Waals surface area (Å²) >= 11 is 13.4. The molecule has 7 heteroatoms. The Kier molecular flexibility index (Phi) is 4.28. The largest absolute Gasteiger partial charge is 0.415 e. The van der Waals surface area contributed by atoms with Crippen LogP contribution in [0.25, 0.3) is 0 Å². The average molecular weight is 290 g/mol. The van der Waals surface area contributed by atoms with Crippen molar-refractivity contribution >= 4 is 35.0 Å². The van der Waals surface area contributed by atoms with E-state index in [-0.39, 0.29) is 6.54 Å². The molecule has 0 amide bonds. The molecule has 0 bridgehead atoms. The lowest BCUT2D eigenvalue weighted by atomic mass is 10.2. The Hall–Kier alpha value is -0.750. The molecule has 0 saturated heterocycles. The van der Waals surface area contributed by atoms with Gasteiger partial charge < -0.3 is 10.2 Å². The third kappa shape index (κ3) is 3.13. The lowest BCUT2D eigenvalue weighted by Gasteiger charge is -2.02. The van der Waals surface area contributed by atoms with Crippen LogP contribution in [-0.4, -0.2) is 10.2 Å². The summed E-state index contributed by atoms with van der Waals surface area (Å²) in [5, 5.41) is 9.18. The van der Waals surface area contributed by atoms with Crippen LogP contribution in [0, 0.1) is 0 Å². The fourth-order valence-electron chi connectivity index (χ4n) is 1.18. The number of halogens is 2. The number of nitrogens with two attached hydrogens (primary N) is 1.